The van der Waals surface area contributed by atoms with E-state index >= 15 is 0 Å². The fourth-order valence-electron chi connectivity index (χ4n) is 0. The summed E-state index contributed by atoms with van der Waals surface area (Å²) in [5, 5.41) is 0. The minimum atomic E-state index is 0. The van der Waals surface area contributed by atoms with Gasteiger partial charge in [0, 0.05) is 0 Å². The first-order valence-electron chi connectivity index (χ1n) is 0.169. The molecule has 0 bridgehead atoms. The highest BCUT2D eigenvalue weighted by molar-refractivity contribution is 6.04. The van der Waals surface area contributed by atoms with Gasteiger partial charge in [0.2, 0.25) is 0 Å². The van der Waals surface area contributed by atoms with Crippen molar-refractivity contribution in [2.75, 3.05) is 0 Å². The molecule has 0 amide bonds. The molecule has 0 saturated carbocycles. The highest BCUT2D eigenvalue weighted by Gasteiger charge is 0.897. The Bertz CT molecular complexity index is 6.00. The van der Waals surface area contributed by atoms with Crippen LogP contribution in [0.25, 0.3) is 0 Å². The minimum Gasteiger partial charge on any atom is -0.344 e. The summed E-state index contributed by atoms with van der Waals surface area (Å²) in [6.07, 6.45) is 0. The summed E-state index contributed by atoms with van der Waals surface area (Å²) in [6, 6.07) is 0. The zero-order valence-corrected chi connectivity index (χ0v) is 3.51. The van der Waals surface area contributed by atoms with Gasteiger partial charge in [0.25, 0.3) is 0 Å². The Labute approximate surface area is 35.9 Å². The van der Waals surface area contributed by atoms with Crippen molar-refractivity contribution >= 4 is 24.3 Å². The van der Waals surface area contributed by atoms with E-state index in [2.05, 4.69) is 11.9 Å². The van der Waals surface area contributed by atoms with Crippen LogP contribution < -0.4 is 6.15 Å². The van der Waals surface area contributed by atoms with E-state index in [4.69, 9.17) is 4.66 Å². The lowest BCUT2D eigenvalue weighted by Crippen LogP contribution is -0.913. The Morgan fingerprint density at radius 3 is 1.25 bits per heavy atom. The van der Waals surface area contributed by atoms with Crippen molar-refractivity contribution in [2.45, 2.75) is 0 Å². The summed E-state index contributed by atoms with van der Waals surface area (Å²) in [6.45, 7) is 0. The highest BCUT2D eigenvalue weighted by atomic mass is 35.5. The van der Waals surface area contributed by atoms with E-state index in [0.717, 1.165) is 0 Å². The standard InChI is InChI=1S/ClHO.ClH.H3N/c1-2;;/h2H;1H;1H3. The number of hydrogen-bond donors (Lipinski definition) is 2. The van der Waals surface area contributed by atoms with Crippen LogP contribution in [-0.4, -0.2) is 4.66 Å². The van der Waals surface area contributed by atoms with E-state index in [1.165, 1.54) is 0 Å². The van der Waals surface area contributed by atoms with Gasteiger partial charge in [0.05, 0.1) is 11.9 Å². The molecule has 0 unspecified atom stereocenters. The molecule has 0 rings (SSSR count). The van der Waals surface area contributed by atoms with Crippen LogP contribution >= 0.6 is 24.3 Å². The molecule has 0 aromatic carbocycles. The number of hydrogen-bond acceptors (Lipinski definition) is 2. The molecule has 0 radical (unpaired) electrons. The average Bonchev–Trinajstić information content (AvgIpc) is 1.00. The van der Waals surface area contributed by atoms with E-state index < -0.39 is 0 Å². The van der Waals surface area contributed by atoms with Gasteiger partial charge < -0.3 is 6.15 Å². The number of rotatable bonds is 0. The minimum absolute atomic E-state index is 0. The molecule has 4 heteroatoms. The summed E-state index contributed by atoms with van der Waals surface area (Å²) in [7, 11) is 0. The highest BCUT2D eigenvalue weighted by Crippen LogP contribution is 1.31. The van der Waals surface area contributed by atoms with E-state index in [-0.39, 0.29) is 18.6 Å². The molecular formula is H5Cl2NO. The Morgan fingerprint density at radius 1 is 1.25 bits per heavy atom. The molecule has 4 N–H and O–H groups in total. The fraction of sp³-hybridized carbons (Fsp3) is 0. The third kappa shape index (κ3) is 22.5. The SMILES string of the molecule is Cl.N.OCl. The summed E-state index contributed by atoms with van der Waals surface area (Å²) < 4.78 is 6.47. The van der Waals surface area contributed by atoms with Gasteiger partial charge >= 0.3 is 0 Å². The molecule has 0 spiro atoms. The van der Waals surface area contributed by atoms with Crippen LogP contribution in [0.2, 0.25) is 0 Å². The first kappa shape index (κ1) is 24.5. The van der Waals surface area contributed by atoms with Gasteiger partial charge in [-0.05, 0) is 0 Å². The van der Waals surface area contributed by atoms with E-state index in [1.807, 2.05) is 0 Å². The van der Waals surface area contributed by atoms with E-state index in [0.29, 0.717) is 0 Å². The molecule has 0 saturated heterocycles. The molecule has 0 atom stereocenters. The van der Waals surface area contributed by atoms with Gasteiger partial charge in [0.15, 0.2) is 0 Å². The normalized spacial score (nSPS) is 1.50. The molecule has 30 valence electrons. The van der Waals surface area contributed by atoms with Crippen LogP contribution in [0.15, 0.2) is 0 Å². The lowest BCUT2D eigenvalue weighted by atomic mass is 14.0. The Morgan fingerprint density at radius 2 is 1.25 bits per heavy atom. The van der Waals surface area contributed by atoms with Crippen molar-refractivity contribution in [3.63, 3.8) is 0 Å². The van der Waals surface area contributed by atoms with Gasteiger partial charge in [-0.2, -0.15) is 0 Å². The smallest absolute Gasteiger partial charge is 0.0579 e. The first-order valence-corrected chi connectivity index (χ1v) is 0.507. The summed E-state index contributed by atoms with van der Waals surface area (Å²) in [5.74, 6) is 0. The molecule has 0 aliphatic carbocycles. The zero-order chi connectivity index (χ0) is 2.00. The van der Waals surface area contributed by atoms with Crippen LogP contribution in [0, 0.1) is 0 Å². The van der Waals surface area contributed by atoms with Crippen LogP contribution in [-0.2, 0) is 0 Å². The first-order chi connectivity index (χ1) is 1.00. The van der Waals surface area contributed by atoms with Crippen molar-refractivity contribution in [3.05, 3.63) is 0 Å². The Balaban J connectivity index is -0.00000000500. The van der Waals surface area contributed by atoms with Gasteiger partial charge in [-0.15, -0.1) is 12.4 Å². The van der Waals surface area contributed by atoms with Crippen LogP contribution in [0.5, 0.6) is 0 Å². The third-order valence-corrected chi connectivity index (χ3v) is 0. The molecule has 4 heavy (non-hydrogen) atoms. The predicted molar refractivity (Wildman–Crippen MR) is 20.3 cm³/mol. The lowest BCUT2D eigenvalue weighted by Gasteiger charge is -1.13. The van der Waals surface area contributed by atoms with Gasteiger partial charge in [0.1, 0.15) is 0 Å². The summed E-state index contributed by atoms with van der Waals surface area (Å²) >= 11 is 3.64. The quantitative estimate of drug-likeness (QED) is 0.477. The number of halogens is 2. The van der Waals surface area contributed by atoms with Crippen molar-refractivity contribution in [1.29, 1.82) is 0 Å². The average molecular weight is 106 g/mol. The molecule has 0 heterocycles. The van der Waals surface area contributed by atoms with Crippen LogP contribution in [0.4, 0.5) is 0 Å². The predicted octanol–water partition coefficient (Wildman–Crippen LogP) is 0.716. The monoisotopic (exact) mass is 105 g/mol. The van der Waals surface area contributed by atoms with Crippen LogP contribution in [0.3, 0.4) is 0 Å². The lowest BCUT2D eigenvalue weighted by molar-refractivity contribution is 0.632. The second-order valence-corrected chi connectivity index (χ2v) is 0. The largest absolute Gasteiger partial charge is 0.344 e. The van der Waals surface area contributed by atoms with Crippen molar-refractivity contribution in [2.24, 2.45) is 0 Å². The van der Waals surface area contributed by atoms with Crippen molar-refractivity contribution in [1.82, 2.24) is 6.15 Å². The van der Waals surface area contributed by atoms with Gasteiger partial charge in [-0.1, -0.05) is 0 Å². The Kier molecular flexibility index (Phi) is 536. The van der Waals surface area contributed by atoms with Crippen molar-refractivity contribution < 1.29 is 4.66 Å². The molecule has 2 nitrogen and oxygen atoms in total. The third-order valence-electron chi connectivity index (χ3n) is 0. The summed E-state index contributed by atoms with van der Waals surface area (Å²) in [4.78, 5) is 0. The molecule has 0 fully saturated rings. The Hall–Kier alpha value is 0.500. The van der Waals surface area contributed by atoms with E-state index in [9.17, 15) is 0 Å². The second-order valence-electron chi connectivity index (χ2n) is 0. The fourth-order valence-corrected chi connectivity index (χ4v) is 0. The maximum Gasteiger partial charge on any atom is 0.0579 e. The molecule has 0 aromatic rings. The maximum atomic E-state index is 6.47. The zero-order valence-electron chi connectivity index (χ0n) is 1.94. The van der Waals surface area contributed by atoms with Gasteiger partial charge in [-0.3, -0.25) is 4.66 Å². The van der Waals surface area contributed by atoms with Crippen LogP contribution in [0.1, 0.15) is 0 Å². The molecule has 0 aliphatic rings. The van der Waals surface area contributed by atoms with E-state index in [1.54, 1.807) is 0 Å². The molecular weight excluding hydrogens is 101 g/mol. The van der Waals surface area contributed by atoms with Gasteiger partial charge in [-0.25, -0.2) is 0 Å². The summed E-state index contributed by atoms with van der Waals surface area (Å²) in [5.41, 5.74) is 0. The molecule has 0 aliphatic heterocycles. The maximum absolute atomic E-state index is 6.47. The topological polar surface area (TPSA) is 55.2 Å². The van der Waals surface area contributed by atoms with Crippen molar-refractivity contribution in [3.8, 4) is 0 Å². The second kappa shape index (κ2) is 87.5. The molecule has 0 aromatic heterocycles.